The number of carboxylic acid groups (broad SMARTS) is 1. The van der Waals surface area contributed by atoms with Crippen LogP contribution in [0, 0.1) is 5.92 Å². The molecule has 1 aromatic heterocycles. The molecule has 1 unspecified atom stereocenters. The first-order chi connectivity index (χ1) is 8.54. The van der Waals surface area contributed by atoms with Gasteiger partial charge in [0.25, 0.3) is 0 Å². The maximum Gasteiger partial charge on any atom is 0.326 e. The maximum absolute atomic E-state index is 11.5. The second-order valence-electron chi connectivity index (χ2n) is 4.11. The number of carbonyl (C=O) groups is 2. The molecule has 0 bridgehead atoms. The van der Waals surface area contributed by atoms with E-state index in [4.69, 9.17) is 9.52 Å². The van der Waals surface area contributed by atoms with E-state index in [9.17, 15) is 9.59 Å². The van der Waals surface area contributed by atoms with Crippen LogP contribution in [0.15, 0.2) is 22.8 Å². The first-order valence-corrected chi connectivity index (χ1v) is 5.84. The predicted octanol–water partition coefficient (Wildman–Crippen LogP) is 1.58. The standard InChI is InChI=1S/C12H18N2O4/c1-3-8(2)10(11(15)16)14-12(17)13-7-9-5-4-6-18-9/h4-6,8,10H,3,7H2,1-2H3,(H,15,16)(H2,13,14,17)/t8?,10-/m0/s1. The van der Waals surface area contributed by atoms with E-state index in [2.05, 4.69) is 10.6 Å². The summed E-state index contributed by atoms with van der Waals surface area (Å²) in [5.74, 6) is -0.546. The van der Waals surface area contributed by atoms with Crippen LogP contribution >= 0.6 is 0 Å². The van der Waals surface area contributed by atoms with Gasteiger partial charge in [-0.25, -0.2) is 9.59 Å². The minimum Gasteiger partial charge on any atom is -0.480 e. The number of rotatable bonds is 6. The Morgan fingerprint density at radius 3 is 2.72 bits per heavy atom. The summed E-state index contributed by atoms with van der Waals surface area (Å²) in [4.78, 5) is 22.6. The minimum absolute atomic E-state index is 0.128. The molecule has 2 amide bonds. The lowest BCUT2D eigenvalue weighted by molar-refractivity contribution is -0.140. The molecular weight excluding hydrogens is 236 g/mol. The summed E-state index contributed by atoms with van der Waals surface area (Å²) in [5.41, 5.74) is 0. The fraction of sp³-hybridized carbons (Fsp3) is 0.500. The van der Waals surface area contributed by atoms with E-state index < -0.39 is 18.0 Å². The van der Waals surface area contributed by atoms with Crippen molar-refractivity contribution in [2.45, 2.75) is 32.9 Å². The van der Waals surface area contributed by atoms with Gasteiger partial charge in [0.15, 0.2) is 0 Å². The summed E-state index contributed by atoms with van der Waals surface area (Å²) >= 11 is 0. The number of amides is 2. The monoisotopic (exact) mass is 254 g/mol. The van der Waals surface area contributed by atoms with E-state index in [0.29, 0.717) is 12.2 Å². The van der Waals surface area contributed by atoms with Crippen LogP contribution in [0.25, 0.3) is 0 Å². The largest absolute Gasteiger partial charge is 0.480 e. The topological polar surface area (TPSA) is 91.6 Å². The molecule has 0 radical (unpaired) electrons. The second kappa shape index (κ2) is 6.68. The molecule has 0 aliphatic carbocycles. The lowest BCUT2D eigenvalue weighted by atomic mass is 9.99. The van der Waals surface area contributed by atoms with Crippen molar-refractivity contribution in [1.82, 2.24) is 10.6 Å². The van der Waals surface area contributed by atoms with Gasteiger partial charge in [0.1, 0.15) is 11.8 Å². The van der Waals surface area contributed by atoms with Gasteiger partial charge in [-0.3, -0.25) is 0 Å². The molecule has 3 N–H and O–H groups in total. The summed E-state index contributed by atoms with van der Waals surface area (Å²) < 4.78 is 5.05. The highest BCUT2D eigenvalue weighted by atomic mass is 16.4. The van der Waals surface area contributed by atoms with E-state index in [1.807, 2.05) is 6.92 Å². The van der Waals surface area contributed by atoms with E-state index >= 15 is 0 Å². The molecule has 6 heteroatoms. The van der Waals surface area contributed by atoms with Crippen molar-refractivity contribution in [2.75, 3.05) is 0 Å². The minimum atomic E-state index is -1.03. The highest BCUT2D eigenvalue weighted by molar-refractivity contribution is 5.82. The quantitative estimate of drug-likeness (QED) is 0.718. The molecule has 0 spiro atoms. The van der Waals surface area contributed by atoms with Crippen LogP contribution in [-0.2, 0) is 11.3 Å². The third kappa shape index (κ3) is 4.12. The summed E-state index contributed by atoms with van der Waals surface area (Å²) in [6, 6.07) is 2.04. The number of urea groups is 1. The Kier molecular flexibility index (Phi) is 5.23. The van der Waals surface area contributed by atoms with Gasteiger partial charge in [0.2, 0.25) is 0 Å². The molecule has 2 atom stereocenters. The van der Waals surface area contributed by atoms with E-state index in [1.54, 1.807) is 19.1 Å². The normalized spacial score (nSPS) is 13.7. The second-order valence-corrected chi connectivity index (χ2v) is 4.11. The molecular formula is C12H18N2O4. The van der Waals surface area contributed by atoms with Crippen LogP contribution in [0.1, 0.15) is 26.0 Å². The zero-order valence-electron chi connectivity index (χ0n) is 10.5. The third-order valence-electron chi connectivity index (χ3n) is 2.77. The first kappa shape index (κ1) is 14.1. The van der Waals surface area contributed by atoms with Crippen LogP contribution in [0.5, 0.6) is 0 Å². The molecule has 18 heavy (non-hydrogen) atoms. The molecule has 100 valence electrons. The van der Waals surface area contributed by atoms with Crippen LogP contribution < -0.4 is 10.6 Å². The smallest absolute Gasteiger partial charge is 0.326 e. The number of aliphatic carboxylic acids is 1. The molecule has 0 aromatic carbocycles. The van der Waals surface area contributed by atoms with Gasteiger partial charge < -0.3 is 20.2 Å². The average molecular weight is 254 g/mol. The molecule has 0 saturated carbocycles. The van der Waals surface area contributed by atoms with Crippen molar-refractivity contribution in [3.63, 3.8) is 0 Å². The van der Waals surface area contributed by atoms with Crippen LogP contribution in [-0.4, -0.2) is 23.1 Å². The predicted molar refractivity (Wildman–Crippen MR) is 65.0 cm³/mol. The van der Waals surface area contributed by atoms with Crippen molar-refractivity contribution in [2.24, 2.45) is 5.92 Å². The SMILES string of the molecule is CCC(C)[C@H](NC(=O)NCc1ccco1)C(=O)O. The Labute approximate surface area is 105 Å². The Morgan fingerprint density at radius 1 is 1.50 bits per heavy atom. The first-order valence-electron chi connectivity index (χ1n) is 5.84. The molecule has 1 heterocycles. The maximum atomic E-state index is 11.5. The highest BCUT2D eigenvalue weighted by Gasteiger charge is 2.25. The molecule has 0 aliphatic heterocycles. The zero-order valence-corrected chi connectivity index (χ0v) is 10.5. The van der Waals surface area contributed by atoms with Gasteiger partial charge in [0.05, 0.1) is 12.8 Å². The van der Waals surface area contributed by atoms with Gasteiger partial charge in [-0.2, -0.15) is 0 Å². The molecule has 0 aliphatic rings. The van der Waals surface area contributed by atoms with Crippen molar-refractivity contribution < 1.29 is 19.1 Å². The van der Waals surface area contributed by atoms with E-state index in [-0.39, 0.29) is 12.5 Å². The van der Waals surface area contributed by atoms with Crippen molar-refractivity contribution >= 4 is 12.0 Å². The van der Waals surface area contributed by atoms with E-state index in [0.717, 1.165) is 0 Å². The van der Waals surface area contributed by atoms with Crippen molar-refractivity contribution in [1.29, 1.82) is 0 Å². The molecule has 1 rings (SSSR count). The number of hydrogen-bond acceptors (Lipinski definition) is 3. The number of furan rings is 1. The van der Waals surface area contributed by atoms with Gasteiger partial charge in [-0.1, -0.05) is 20.3 Å². The fourth-order valence-corrected chi connectivity index (χ4v) is 1.46. The van der Waals surface area contributed by atoms with Gasteiger partial charge >= 0.3 is 12.0 Å². The Balaban J connectivity index is 2.44. The Hall–Kier alpha value is -1.98. The fourth-order valence-electron chi connectivity index (χ4n) is 1.46. The number of carboxylic acids is 1. The summed E-state index contributed by atoms with van der Waals surface area (Å²) in [7, 11) is 0. The van der Waals surface area contributed by atoms with Crippen LogP contribution in [0.3, 0.4) is 0 Å². The highest BCUT2D eigenvalue weighted by Crippen LogP contribution is 2.07. The summed E-state index contributed by atoms with van der Waals surface area (Å²) in [5, 5.41) is 14.0. The third-order valence-corrected chi connectivity index (χ3v) is 2.77. The van der Waals surface area contributed by atoms with Crippen LogP contribution in [0.2, 0.25) is 0 Å². The van der Waals surface area contributed by atoms with E-state index in [1.165, 1.54) is 6.26 Å². The number of nitrogens with one attached hydrogen (secondary N) is 2. The molecule has 6 nitrogen and oxygen atoms in total. The van der Waals surface area contributed by atoms with Crippen molar-refractivity contribution in [3.8, 4) is 0 Å². The summed E-state index contributed by atoms with van der Waals surface area (Å²) in [6.07, 6.45) is 2.18. The zero-order chi connectivity index (χ0) is 13.5. The molecule has 0 saturated heterocycles. The Morgan fingerprint density at radius 2 is 2.22 bits per heavy atom. The number of carbonyl (C=O) groups excluding carboxylic acids is 1. The lowest BCUT2D eigenvalue weighted by Gasteiger charge is -2.20. The number of hydrogen-bond donors (Lipinski definition) is 3. The molecule has 0 fully saturated rings. The lowest BCUT2D eigenvalue weighted by Crippen LogP contribution is -2.48. The Bertz CT molecular complexity index is 389. The van der Waals surface area contributed by atoms with Gasteiger partial charge in [-0.05, 0) is 18.1 Å². The van der Waals surface area contributed by atoms with Gasteiger partial charge in [-0.15, -0.1) is 0 Å². The molecule has 1 aromatic rings. The summed E-state index contributed by atoms with van der Waals surface area (Å²) in [6.45, 7) is 3.89. The average Bonchev–Trinajstić information content (AvgIpc) is 2.85. The van der Waals surface area contributed by atoms with Gasteiger partial charge in [0, 0.05) is 0 Å². The van der Waals surface area contributed by atoms with Crippen LogP contribution in [0.4, 0.5) is 4.79 Å². The van der Waals surface area contributed by atoms with Crippen molar-refractivity contribution in [3.05, 3.63) is 24.2 Å².